The van der Waals surface area contributed by atoms with Crippen LogP contribution in [-0.4, -0.2) is 19.5 Å². The SMILES string of the molecule is Cn1cnc2c(Cl)nc(I)nc21. The van der Waals surface area contributed by atoms with Gasteiger partial charge in [-0.25, -0.2) is 15.0 Å². The molecule has 0 aliphatic carbocycles. The molecule has 12 heavy (non-hydrogen) atoms. The Kier molecular flexibility index (Phi) is 1.91. The molecule has 2 heterocycles. The van der Waals surface area contributed by atoms with Crippen LogP contribution in [0.25, 0.3) is 11.2 Å². The Bertz CT molecular complexity index is 438. The first-order valence-corrected chi connectivity index (χ1v) is 4.64. The molecule has 0 amide bonds. The highest BCUT2D eigenvalue weighted by Crippen LogP contribution is 2.18. The van der Waals surface area contributed by atoms with Crippen molar-refractivity contribution in [2.24, 2.45) is 7.05 Å². The third kappa shape index (κ3) is 1.16. The van der Waals surface area contributed by atoms with Crippen LogP contribution in [0.4, 0.5) is 0 Å². The molecule has 0 N–H and O–H groups in total. The van der Waals surface area contributed by atoms with Gasteiger partial charge in [-0.1, -0.05) is 11.6 Å². The van der Waals surface area contributed by atoms with E-state index >= 15 is 0 Å². The van der Waals surface area contributed by atoms with Crippen molar-refractivity contribution >= 4 is 45.4 Å². The fraction of sp³-hybridized carbons (Fsp3) is 0.167. The number of halogens is 2. The minimum absolute atomic E-state index is 0.407. The lowest BCUT2D eigenvalue weighted by Crippen LogP contribution is -1.93. The average Bonchev–Trinajstić information content (AvgIpc) is 2.33. The summed E-state index contributed by atoms with van der Waals surface area (Å²) in [5, 5.41) is 0.407. The summed E-state index contributed by atoms with van der Waals surface area (Å²) in [5.41, 5.74) is 1.42. The van der Waals surface area contributed by atoms with E-state index in [1.165, 1.54) is 0 Å². The van der Waals surface area contributed by atoms with E-state index in [1.807, 2.05) is 34.2 Å². The van der Waals surface area contributed by atoms with Gasteiger partial charge in [-0.15, -0.1) is 0 Å². The van der Waals surface area contributed by atoms with Crippen molar-refractivity contribution in [3.63, 3.8) is 0 Å². The fourth-order valence-electron chi connectivity index (χ4n) is 0.947. The van der Waals surface area contributed by atoms with Crippen molar-refractivity contribution in [2.75, 3.05) is 0 Å². The largest absolute Gasteiger partial charge is 0.318 e. The zero-order valence-electron chi connectivity index (χ0n) is 6.12. The molecule has 2 aromatic heterocycles. The summed E-state index contributed by atoms with van der Waals surface area (Å²) >= 11 is 7.86. The lowest BCUT2D eigenvalue weighted by atomic mass is 10.6. The molecule has 0 fully saturated rings. The Morgan fingerprint density at radius 1 is 1.50 bits per heavy atom. The first kappa shape index (κ1) is 8.18. The Labute approximate surface area is 87.1 Å². The maximum Gasteiger partial charge on any atom is 0.194 e. The Balaban J connectivity index is 2.92. The summed E-state index contributed by atoms with van der Waals surface area (Å²) in [6.07, 6.45) is 1.67. The fourth-order valence-corrected chi connectivity index (χ4v) is 1.77. The molecule has 0 saturated carbocycles. The van der Waals surface area contributed by atoms with E-state index < -0.39 is 0 Å². The topological polar surface area (TPSA) is 43.6 Å². The zero-order chi connectivity index (χ0) is 8.72. The summed E-state index contributed by atoms with van der Waals surface area (Å²) in [6.45, 7) is 0. The third-order valence-electron chi connectivity index (χ3n) is 1.49. The molecule has 0 saturated heterocycles. The highest BCUT2D eigenvalue weighted by Gasteiger charge is 2.07. The van der Waals surface area contributed by atoms with Gasteiger partial charge >= 0.3 is 0 Å². The molecule has 0 atom stereocenters. The molecule has 0 aliphatic rings. The Hall–Kier alpha value is -0.430. The maximum atomic E-state index is 5.84. The van der Waals surface area contributed by atoms with Crippen LogP contribution in [0.2, 0.25) is 5.15 Å². The van der Waals surface area contributed by atoms with Gasteiger partial charge in [0.15, 0.2) is 14.6 Å². The molecule has 6 heteroatoms. The number of imidazole rings is 1. The van der Waals surface area contributed by atoms with Gasteiger partial charge in [0.2, 0.25) is 0 Å². The van der Waals surface area contributed by atoms with Crippen LogP contribution in [0.15, 0.2) is 6.33 Å². The molecule has 62 valence electrons. The molecule has 2 aromatic rings. The van der Waals surface area contributed by atoms with E-state index in [-0.39, 0.29) is 0 Å². The summed E-state index contributed by atoms with van der Waals surface area (Å²) in [5.74, 6) is 0. The van der Waals surface area contributed by atoms with Crippen molar-refractivity contribution in [1.82, 2.24) is 19.5 Å². The Morgan fingerprint density at radius 2 is 2.25 bits per heavy atom. The van der Waals surface area contributed by atoms with Gasteiger partial charge in [0, 0.05) is 29.6 Å². The summed E-state index contributed by atoms with van der Waals surface area (Å²) in [6, 6.07) is 0. The second-order valence-corrected chi connectivity index (χ2v) is 3.63. The molecule has 0 radical (unpaired) electrons. The lowest BCUT2D eigenvalue weighted by molar-refractivity contribution is 0.923. The molecule has 0 unspecified atom stereocenters. The first-order valence-electron chi connectivity index (χ1n) is 3.18. The zero-order valence-corrected chi connectivity index (χ0v) is 9.04. The molecule has 2 rings (SSSR count). The number of hydrogen-bond acceptors (Lipinski definition) is 3. The lowest BCUT2D eigenvalue weighted by Gasteiger charge is -1.94. The van der Waals surface area contributed by atoms with Crippen LogP contribution in [0.5, 0.6) is 0 Å². The first-order chi connectivity index (χ1) is 5.68. The average molecular weight is 294 g/mol. The van der Waals surface area contributed by atoms with Gasteiger partial charge < -0.3 is 4.57 Å². The number of nitrogens with zero attached hydrogens (tertiary/aromatic N) is 4. The van der Waals surface area contributed by atoms with Gasteiger partial charge in [-0.3, -0.25) is 0 Å². The quantitative estimate of drug-likeness (QED) is 0.421. The normalized spacial score (nSPS) is 10.9. The van der Waals surface area contributed by atoms with Gasteiger partial charge in [0.25, 0.3) is 0 Å². The predicted octanol–water partition coefficient (Wildman–Crippen LogP) is 1.62. The molecule has 0 bridgehead atoms. The molecule has 4 nitrogen and oxygen atoms in total. The number of aromatic nitrogens is 4. The molecule has 0 aromatic carbocycles. The van der Waals surface area contributed by atoms with E-state index in [0.29, 0.717) is 14.5 Å². The van der Waals surface area contributed by atoms with Crippen molar-refractivity contribution in [3.05, 3.63) is 15.3 Å². The van der Waals surface area contributed by atoms with E-state index in [9.17, 15) is 0 Å². The summed E-state index contributed by atoms with van der Waals surface area (Å²) in [7, 11) is 1.87. The second kappa shape index (κ2) is 2.81. The maximum absolute atomic E-state index is 5.84. The summed E-state index contributed by atoms with van der Waals surface area (Å²) < 4.78 is 2.44. The highest BCUT2D eigenvalue weighted by atomic mass is 127. The Morgan fingerprint density at radius 3 is 3.00 bits per heavy atom. The van der Waals surface area contributed by atoms with Crippen LogP contribution >= 0.6 is 34.2 Å². The number of hydrogen-bond donors (Lipinski definition) is 0. The monoisotopic (exact) mass is 294 g/mol. The predicted molar refractivity (Wildman–Crippen MR) is 54.0 cm³/mol. The minimum Gasteiger partial charge on any atom is -0.318 e. The van der Waals surface area contributed by atoms with Crippen LogP contribution in [0, 0.1) is 3.83 Å². The standard InChI is InChI=1S/C6H4ClIN4/c1-12-2-9-3-4(7)10-6(8)11-5(3)12/h2H,1H3. The smallest absolute Gasteiger partial charge is 0.194 e. The van der Waals surface area contributed by atoms with Gasteiger partial charge in [-0.2, -0.15) is 0 Å². The third-order valence-corrected chi connectivity index (χ3v) is 2.24. The van der Waals surface area contributed by atoms with Crippen LogP contribution in [0.3, 0.4) is 0 Å². The van der Waals surface area contributed by atoms with E-state index in [2.05, 4.69) is 15.0 Å². The number of aryl methyl sites for hydroxylation is 1. The molecule has 0 spiro atoms. The van der Waals surface area contributed by atoms with Crippen molar-refractivity contribution in [2.45, 2.75) is 0 Å². The van der Waals surface area contributed by atoms with Crippen molar-refractivity contribution < 1.29 is 0 Å². The number of rotatable bonds is 0. The van der Waals surface area contributed by atoms with Crippen LogP contribution < -0.4 is 0 Å². The molecule has 0 aliphatic heterocycles. The highest BCUT2D eigenvalue weighted by molar-refractivity contribution is 14.1. The van der Waals surface area contributed by atoms with Crippen LogP contribution in [0.1, 0.15) is 0 Å². The van der Waals surface area contributed by atoms with Crippen LogP contribution in [-0.2, 0) is 7.05 Å². The molecular weight excluding hydrogens is 290 g/mol. The van der Waals surface area contributed by atoms with Crippen molar-refractivity contribution in [1.29, 1.82) is 0 Å². The van der Waals surface area contributed by atoms with E-state index in [0.717, 1.165) is 5.65 Å². The van der Waals surface area contributed by atoms with Gasteiger partial charge in [-0.05, 0) is 0 Å². The van der Waals surface area contributed by atoms with Crippen molar-refractivity contribution in [3.8, 4) is 0 Å². The van der Waals surface area contributed by atoms with E-state index in [1.54, 1.807) is 6.33 Å². The second-order valence-electron chi connectivity index (χ2n) is 2.31. The molecular formula is C6H4ClIN4. The van der Waals surface area contributed by atoms with Gasteiger partial charge in [0.1, 0.15) is 5.52 Å². The van der Waals surface area contributed by atoms with Gasteiger partial charge in [0.05, 0.1) is 6.33 Å². The number of fused-ring (bicyclic) bond motifs is 1. The van der Waals surface area contributed by atoms with E-state index in [4.69, 9.17) is 11.6 Å². The summed E-state index contributed by atoms with van der Waals surface area (Å²) in [4.78, 5) is 12.2. The minimum atomic E-state index is 0.407.